The molecular formula is C11H19N3O5S. The topological polar surface area (TPSA) is 125 Å². The van der Waals surface area contributed by atoms with Gasteiger partial charge in [0.2, 0.25) is 5.91 Å². The van der Waals surface area contributed by atoms with E-state index >= 15 is 0 Å². The van der Waals surface area contributed by atoms with Crippen molar-refractivity contribution in [2.45, 2.75) is 25.0 Å². The van der Waals surface area contributed by atoms with Gasteiger partial charge in [0, 0.05) is 12.8 Å². The van der Waals surface area contributed by atoms with Crippen LogP contribution in [-0.4, -0.2) is 51.6 Å². The van der Waals surface area contributed by atoms with Crippen LogP contribution in [-0.2, 0) is 19.4 Å². The highest BCUT2D eigenvalue weighted by Crippen LogP contribution is 1.99. The van der Waals surface area contributed by atoms with Crippen molar-refractivity contribution in [1.29, 1.82) is 5.26 Å². The first-order valence-electron chi connectivity index (χ1n) is 6.07. The molecule has 0 heterocycles. The Morgan fingerprint density at radius 1 is 1.35 bits per heavy atom. The number of carbonyl (C=O) groups excluding carboxylic acids is 2. The van der Waals surface area contributed by atoms with E-state index in [4.69, 9.17) is 10.00 Å². The van der Waals surface area contributed by atoms with E-state index in [0.29, 0.717) is 6.42 Å². The van der Waals surface area contributed by atoms with Crippen molar-refractivity contribution in [3.63, 3.8) is 0 Å². The number of rotatable bonds is 8. The van der Waals surface area contributed by atoms with Gasteiger partial charge in [-0.2, -0.15) is 5.26 Å². The van der Waals surface area contributed by atoms with Crippen molar-refractivity contribution in [2.75, 3.05) is 26.0 Å². The predicted octanol–water partition coefficient (Wildman–Crippen LogP) is -0.434. The summed E-state index contributed by atoms with van der Waals surface area (Å²) in [5, 5.41) is 11.3. The van der Waals surface area contributed by atoms with Gasteiger partial charge in [0.05, 0.1) is 12.7 Å². The van der Waals surface area contributed by atoms with Crippen LogP contribution in [0, 0.1) is 11.3 Å². The smallest absolute Gasteiger partial charge is 0.407 e. The summed E-state index contributed by atoms with van der Waals surface area (Å²) in [6.07, 6.45) is 1.66. The third-order valence-corrected chi connectivity index (χ3v) is 3.73. The van der Waals surface area contributed by atoms with E-state index in [1.165, 1.54) is 0 Å². The van der Waals surface area contributed by atoms with Crippen molar-refractivity contribution < 1.29 is 22.7 Å². The van der Waals surface area contributed by atoms with Crippen LogP contribution in [0.15, 0.2) is 0 Å². The Labute approximate surface area is 118 Å². The van der Waals surface area contributed by atoms with Crippen molar-refractivity contribution in [2.24, 2.45) is 0 Å². The van der Waals surface area contributed by atoms with Crippen molar-refractivity contribution >= 4 is 21.8 Å². The van der Waals surface area contributed by atoms with Crippen LogP contribution in [0.2, 0.25) is 0 Å². The fourth-order valence-corrected chi connectivity index (χ4v) is 2.07. The number of sulfone groups is 1. The van der Waals surface area contributed by atoms with Gasteiger partial charge in [-0.05, 0) is 6.42 Å². The second-order valence-corrected chi connectivity index (χ2v) is 6.29. The summed E-state index contributed by atoms with van der Waals surface area (Å²) in [7, 11) is -3.71. The maximum absolute atomic E-state index is 11.6. The Balaban J connectivity index is 4.43. The van der Waals surface area contributed by atoms with Crippen LogP contribution in [0.1, 0.15) is 19.8 Å². The molecule has 0 radical (unpaired) electrons. The summed E-state index contributed by atoms with van der Waals surface area (Å²) < 4.78 is 27.7. The van der Waals surface area contributed by atoms with Gasteiger partial charge >= 0.3 is 6.09 Å². The molecule has 0 fully saturated rings. The average molecular weight is 305 g/mol. The second-order valence-electron chi connectivity index (χ2n) is 4.06. The highest BCUT2D eigenvalue weighted by molar-refractivity contribution is 7.92. The number of amides is 2. The molecule has 1 unspecified atom stereocenters. The van der Waals surface area contributed by atoms with Gasteiger partial charge in [-0.15, -0.1) is 0 Å². The SMILES string of the molecule is CCCCOC(=O)NCC(C(=O)NCC#N)S(C)(=O)=O. The number of hydrogen-bond acceptors (Lipinski definition) is 6. The Kier molecular flexibility index (Phi) is 8.31. The number of hydrogen-bond donors (Lipinski definition) is 2. The Bertz CT molecular complexity index is 469. The Hall–Kier alpha value is -1.82. The molecule has 0 aromatic heterocycles. The second kappa shape index (κ2) is 9.14. The van der Waals surface area contributed by atoms with Crippen molar-refractivity contribution in [1.82, 2.24) is 10.6 Å². The van der Waals surface area contributed by atoms with E-state index in [1.54, 1.807) is 6.07 Å². The predicted molar refractivity (Wildman–Crippen MR) is 71.5 cm³/mol. The molecule has 0 saturated carbocycles. The highest BCUT2D eigenvalue weighted by atomic mass is 32.2. The number of nitrogens with one attached hydrogen (secondary N) is 2. The molecule has 0 aliphatic heterocycles. The quantitative estimate of drug-likeness (QED) is 0.463. The fraction of sp³-hybridized carbons (Fsp3) is 0.727. The summed E-state index contributed by atoms with van der Waals surface area (Å²) in [4.78, 5) is 22.9. The first kappa shape index (κ1) is 18.2. The van der Waals surface area contributed by atoms with E-state index in [-0.39, 0.29) is 13.2 Å². The Morgan fingerprint density at radius 3 is 2.50 bits per heavy atom. The van der Waals surface area contributed by atoms with Crippen molar-refractivity contribution in [3.8, 4) is 6.07 Å². The van der Waals surface area contributed by atoms with Crippen LogP contribution in [0.3, 0.4) is 0 Å². The van der Waals surface area contributed by atoms with Crippen LogP contribution in [0.5, 0.6) is 0 Å². The minimum atomic E-state index is -3.71. The zero-order chi connectivity index (χ0) is 15.6. The molecule has 0 aliphatic rings. The van der Waals surface area contributed by atoms with Crippen molar-refractivity contribution in [3.05, 3.63) is 0 Å². The molecule has 0 rings (SSSR count). The van der Waals surface area contributed by atoms with Gasteiger partial charge in [-0.3, -0.25) is 4.79 Å². The lowest BCUT2D eigenvalue weighted by atomic mass is 10.4. The molecule has 0 saturated heterocycles. The zero-order valence-corrected chi connectivity index (χ0v) is 12.3. The standard InChI is InChI=1S/C11H19N3O5S/c1-3-4-7-19-11(16)14-8-9(20(2,17)18)10(15)13-6-5-12/h9H,3-4,6-8H2,1-2H3,(H,13,15)(H,14,16). The number of carbonyl (C=O) groups is 2. The third-order valence-electron chi connectivity index (χ3n) is 2.31. The Morgan fingerprint density at radius 2 is 2.00 bits per heavy atom. The lowest BCUT2D eigenvalue weighted by molar-refractivity contribution is -0.120. The van der Waals surface area contributed by atoms with E-state index in [0.717, 1.165) is 12.7 Å². The lowest BCUT2D eigenvalue weighted by Gasteiger charge is -2.14. The van der Waals surface area contributed by atoms with Crippen LogP contribution < -0.4 is 10.6 Å². The molecular weight excluding hydrogens is 286 g/mol. The molecule has 1 atom stereocenters. The third kappa shape index (κ3) is 7.58. The maximum Gasteiger partial charge on any atom is 0.407 e. The molecule has 9 heteroatoms. The van der Waals surface area contributed by atoms with E-state index in [1.807, 2.05) is 6.92 Å². The molecule has 0 aromatic carbocycles. The zero-order valence-electron chi connectivity index (χ0n) is 11.5. The van der Waals surface area contributed by atoms with E-state index < -0.39 is 33.6 Å². The number of unbranched alkanes of at least 4 members (excludes halogenated alkanes) is 1. The molecule has 0 spiro atoms. The van der Waals surface area contributed by atoms with Gasteiger partial charge in [0.15, 0.2) is 15.1 Å². The molecule has 0 bridgehead atoms. The summed E-state index contributed by atoms with van der Waals surface area (Å²) in [6.45, 7) is 1.46. The van der Waals surface area contributed by atoms with E-state index in [2.05, 4.69) is 10.6 Å². The first-order chi connectivity index (χ1) is 9.32. The normalized spacial score (nSPS) is 12.1. The molecule has 0 aromatic rings. The first-order valence-corrected chi connectivity index (χ1v) is 8.02. The van der Waals surface area contributed by atoms with Crippen LogP contribution in [0.4, 0.5) is 4.79 Å². The number of nitriles is 1. The summed E-state index contributed by atoms with van der Waals surface area (Å²) in [5.74, 6) is -0.831. The monoisotopic (exact) mass is 305 g/mol. The van der Waals surface area contributed by atoms with Crippen LogP contribution in [0.25, 0.3) is 0 Å². The summed E-state index contributed by atoms with van der Waals surface area (Å²) >= 11 is 0. The molecule has 8 nitrogen and oxygen atoms in total. The average Bonchev–Trinajstić information content (AvgIpc) is 2.35. The van der Waals surface area contributed by atoms with Crippen LogP contribution >= 0.6 is 0 Å². The molecule has 114 valence electrons. The fourth-order valence-electron chi connectivity index (χ4n) is 1.22. The summed E-state index contributed by atoms with van der Waals surface area (Å²) in [6, 6.07) is 1.67. The number of nitrogens with zero attached hydrogens (tertiary/aromatic N) is 1. The largest absolute Gasteiger partial charge is 0.450 e. The lowest BCUT2D eigenvalue weighted by Crippen LogP contribution is -2.47. The van der Waals surface area contributed by atoms with Gasteiger partial charge in [0.1, 0.15) is 6.54 Å². The highest BCUT2D eigenvalue weighted by Gasteiger charge is 2.29. The van der Waals surface area contributed by atoms with Gasteiger partial charge in [-0.25, -0.2) is 13.2 Å². The number of ether oxygens (including phenoxy) is 1. The molecule has 2 amide bonds. The molecule has 0 aliphatic carbocycles. The minimum absolute atomic E-state index is 0.229. The van der Waals surface area contributed by atoms with Gasteiger partial charge in [-0.1, -0.05) is 13.3 Å². The summed E-state index contributed by atoms with van der Waals surface area (Å²) in [5.41, 5.74) is 0. The maximum atomic E-state index is 11.6. The minimum Gasteiger partial charge on any atom is -0.450 e. The molecule has 20 heavy (non-hydrogen) atoms. The van der Waals surface area contributed by atoms with Gasteiger partial charge < -0.3 is 15.4 Å². The van der Waals surface area contributed by atoms with E-state index in [9.17, 15) is 18.0 Å². The van der Waals surface area contributed by atoms with Gasteiger partial charge in [0.25, 0.3) is 0 Å². The number of alkyl carbamates (subject to hydrolysis) is 1. The molecule has 2 N–H and O–H groups in total.